The molecule has 0 saturated heterocycles. The topological polar surface area (TPSA) is 47.3 Å². The maximum Gasteiger partial charge on any atom is 0.162 e. The Morgan fingerprint density at radius 3 is 3.19 bits per heavy atom. The van der Waals surface area contributed by atoms with Gasteiger partial charge in [0, 0.05) is 12.6 Å². The van der Waals surface area contributed by atoms with Crippen molar-refractivity contribution in [2.75, 3.05) is 13.2 Å². The van der Waals surface area contributed by atoms with Gasteiger partial charge in [-0.05, 0) is 19.9 Å². The Labute approximate surface area is 96.7 Å². The first-order valence-corrected chi connectivity index (χ1v) is 5.71. The van der Waals surface area contributed by atoms with Crippen LogP contribution in [-0.4, -0.2) is 18.3 Å². The number of hydrogen-bond acceptors (Lipinski definition) is 4. The van der Waals surface area contributed by atoms with Crippen LogP contribution in [0.4, 0.5) is 0 Å². The average Bonchev–Trinajstić information content (AvgIpc) is 2.73. The number of ether oxygens (including phenoxy) is 1. The largest absolute Gasteiger partial charge is 0.369 e. The smallest absolute Gasteiger partial charge is 0.162 e. The van der Waals surface area contributed by atoms with E-state index in [2.05, 4.69) is 17.4 Å². The van der Waals surface area contributed by atoms with Crippen molar-refractivity contribution in [2.24, 2.45) is 0 Å². The van der Waals surface area contributed by atoms with E-state index in [-0.39, 0.29) is 0 Å². The van der Waals surface area contributed by atoms with Gasteiger partial charge >= 0.3 is 0 Å². The molecule has 0 bridgehead atoms. The molecule has 4 heteroatoms. The van der Waals surface area contributed by atoms with Crippen molar-refractivity contribution >= 4 is 0 Å². The molecule has 0 atom stereocenters. The lowest BCUT2D eigenvalue weighted by Gasteiger charge is -1.96. The van der Waals surface area contributed by atoms with Crippen molar-refractivity contribution in [3.05, 3.63) is 29.7 Å². The summed E-state index contributed by atoms with van der Waals surface area (Å²) in [6, 6.07) is 1.93. The van der Waals surface area contributed by atoms with Gasteiger partial charge < -0.3 is 14.6 Å². The van der Waals surface area contributed by atoms with Gasteiger partial charge in [0.15, 0.2) is 5.76 Å². The lowest BCUT2D eigenvalue weighted by Crippen LogP contribution is -2.13. The van der Waals surface area contributed by atoms with Crippen LogP contribution in [0.25, 0.3) is 0 Å². The Morgan fingerprint density at radius 1 is 1.56 bits per heavy atom. The third-order valence-corrected chi connectivity index (χ3v) is 2.03. The van der Waals surface area contributed by atoms with Crippen LogP contribution in [0.2, 0.25) is 0 Å². The number of nitrogens with zero attached hydrogens (tertiary/aromatic N) is 1. The van der Waals surface area contributed by atoms with Gasteiger partial charge in [0.05, 0.1) is 12.3 Å². The standard InChI is InChI=1S/C12H20N2O2/c1-3-5-7-15-10-12-8-11(14-16-12)9-13-6-4-2/h3,5,8,13H,4,6-7,9-10H2,1-2H3. The van der Waals surface area contributed by atoms with Crippen molar-refractivity contribution in [3.63, 3.8) is 0 Å². The van der Waals surface area contributed by atoms with E-state index in [1.807, 2.05) is 25.1 Å². The Morgan fingerprint density at radius 2 is 2.44 bits per heavy atom. The molecular formula is C12H20N2O2. The van der Waals surface area contributed by atoms with Crippen LogP contribution < -0.4 is 5.32 Å². The fraction of sp³-hybridized carbons (Fsp3) is 0.583. The van der Waals surface area contributed by atoms with E-state index in [9.17, 15) is 0 Å². The summed E-state index contributed by atoms with van der Waals surface area (Å²) in [4.78, 5) is 0. The molecule has 90 valence electrons. The number of rotatable bonds is 8. The molecule has 0 saturated carbocycles. The van der Waals surface area contributed by atoms with E-state index in [1.54, 1.807) is 0 Å². The maximum absolute atomic E-state index is 5.36. The average molecular weight is 224 g/mol. The summed E-state index contributed by atoms with van der Waals surface area (Å²) in [5.41, 5.74) is 0.929. The maximum atomic E-state index is 5.36. The van der Waals surface area contributed by atoms with E-state index in [0.29, 0.717) is 13.2 Å². The van der Waals surface area contributed by atoms with Crippen molar-refractivity contribution < 1.29 is 9.26 Å². The number of hydrogen-bond donors (Lipinski definition) is 1. The highest BCUT2D eigenvalue weighted by atomic mass is 16.5. The van der Waals surface area contributed by atoms with Crippen LogP contribution in [0.3, 0.4) is 0 Å². The quantitative estimate of drug-likeness (QED) is 0.543. The van der Waals surface area contributed by atoms with Crippen molar-refractivity contribution in [2.45, 2.75) is 33.4 Å². The molecule has 1 N–H and O–H groups in total. The Balaban J connectivity index is 2.22. The van der Waals surface area contributed by atoms with E-state index in [1.165, 1.54) is 0 Å². The molecule has 0 amide bonds. The minimum atomic E-state index is 0.477. The molecule has 1 heterocycles. The zero-order valence-electron chi connectivity index (χ0n) is 10.0. The third kappa shape index (κ3) is 5.09. The lowest BCUT2D eigenvalue weighted by molar-refractivity contribution is 0.125. The third-order valence-electron chi connectivity index (χ3n) is 2.03. The SMILES string of the molecule is CC=CCOCc1cc(CNCCC)no1. The second-order valence-corrected chi connectivity index (χ2v) is 3.55. The predicted molar refractivity (Wildman–Crippen MR) is 63.0 cm³/mol. The molecule has 0 fully saturated rings. The number of nitrogens with one attached hydrogen (secondary N) is 1. The Kier molecular flexibility index (Phi) is 6.53. The molecule has 0 spiro atoms. The zero-order valence-corrected chi connectivity index (χ0v) is 10.0. The van der Waals surface area contributed by atoms with Crippen LogP contribution in [0.5, 0.6) is 0 Å². The first-order chi connectivity index (χ1) is 7.86. The first kappa shape index (κ1) is 12.9. The van der Waals surface area contributed by atoms with Gasteiger partial charge in [0.2, 0.25) is 0 Å². The minimum Gasteiger partial charge on any atom is -0.369 e. The molecule has 0 aliphatic heterocycles. The highest BCUT2D eigenvalue weighted by Crippen LogP contribution is 2.04. The predicted octanol–water partition coefficient (Wildman–Crippen LogP) is 2.27. The van der Waals surface area contributed by atoms with Crippen molar-refractivity contribution in [1.29, 1.82) is 0 Å². The van der Waals surface area contributed by atoms with Crippen molar-refractivity contribution in [3.8, 4) is 0 Å². The fourth-order valence-corrected chi connectivity index (χ4v) is 1.22. The summed E-state index contributed by atoms with van der Waals surface area (Å²) in [5, 5.41) is 7.22. The van der Waals surface area contributed by atoms with Crippen LogP contribution in [0.15, 0.2) is 22.7 Å². The van der Waals surface area contributed by atoms with Crippen LogP contribution in [0, 0.1) is 0 Å². The summed E-state index contributed by atoms with van der Waals surface area (Å²) >= 11 is 0. The molecule has 0 aliphatic carbocycles. The van der Waals surface area contributed by atoms with Gasteiger partial charge in [0.25, 0.3) is 0 Å². The molecular weight excluding hydrogens is 204 g/mol. The number of aromatic nitrogens is 1. The number of allylic oxidation sites excluding steroid dienone is 1. The summed E-state index contributed by atoms with van der Waals surface area (Å²) < 4.78 is 10.5. The second kappa shape index (κ2) is 8.07. The second-order valence-electron chi connectivity index (χ2n) is 3.55. The van der Waals surface area contributed by atoms with E-state index in [4.69, 9.17) is 9.26 Å². The van der Waals surface area contributed by atoms with Gasteiger partial charge in [-0.15, -0.1) is 0 Å². The summed E-state index contributed by atoms with van der Waals surface area (Å²) in [6.07, 6.45) is 5.04. The van der Waals surface area contributed by atoms with Gasteiger partial charge in [-0.1, -0.05) is 24.2 Å². The van der Waals surface area contributed by atoms with Gasteiger partial charge in [-0.2, -0.15) is 0 Å². The molecule has 4 nitrogen and oxygen atoms in total. The van der Waals surface area contributed by atoms with Crippen molar-refractivity contribution in [1.82, 2.24) is 10.5 Å². The molecule has 1 aromatic heterocycles. The van der Waals surface area contributed by atoms with E-state index >= 15 is 0 Å². The summed E-state index contributed by atoms with van der Waals surface area (Å²) in [7, 11) is 0. The monoisotopic (exact) mass is 224 g/mol. The molecule has 1 rings (SSSR count). The van der Waals surface area contributed by atoms with Gasteiger partial charge in [-0.25, -0.2) is 0 Å². The zero-order chi connectivity index (χ0) is 11.6. The molecule has 16 heavy (non-hydrogen) atoms. The molecule has 0 aromatic carbocycles. The fourth-order valence-electron chi connectivity index (χ4n) is 1.22. The molecule has 1 aromatic rings. The van der Waals surface area contributed by atoms with E-state index < -0.39 is 0 Å². The highest BCUT2D eigenvalue weighted by Gasteiger charge is 2.03. The van der Waals surface area contributed by atoms with E-state index in [0.717, 1.165) is 31.0 Å². The Bertz CT molecular complexity index is 308. The van der Waals surface area contributed by atoms with Gasteiger partial charge in [0.1, 0.15) is 6.61 Å². The summed E-state index contributed by atoms with van der Waals surface area (Å²) in [6.45, 7) is 6.95. The highest BCUT2D eigenvalue weighted by molar-refractivity contribution is 5.04. The summed E-state index contributed by atoms with van der Waals surface area (Å²) in [5.74, 6) is 0.776. The lowest BCUT2D eigenvalue weighted by atomic mass is 10.3. The van der Waals surface area contributed by atoms with Crippen LogP contribution in [-0.2, 0) is 17.9 Å². The molecule has 0 aliphatic rings. The molecule has 0 unspecified atom stereocenters. The molecule has 0 radical (unpaired) electrons. The van der Waals surface area contributed by atoms with Gasteiger partial charge in [-0.3, -0.25) is 0 Å². The first-order valence-electron chi connectivity index (χ1n) is 5.71. The normalized spacial score (nSPS) is 11.4. The minimum absolute atomic E-state index is 0.477. The van der Waals surface area contributed by atoms with Crippen LogP contribution in [0.1, 0.15) is 31.7 Å². The Hall–Kier alpha value is -1.13. The van der Waals surface area contributed by atoms with Crippen LogP contribution >= 0.6 is 0 Å².